The van der Waals surface area contributed by atoms with Gasteiger partial charge in [-0.25, -0.2) is 14.4 Å². The molecule has 1 heterocycles. The quantitative estimate of drug-likeness (QED) is 0.799. The first kappa shape index (κ1) is 11.7. The second-order valence-electron chi connectivity index (χ2n) is 3.72. The molecule has 0 amide bonds. The Bertz CT molecular complexity index is 459. The third-order valence-corrected chi connectivity index (χ3v) is 2.38. The number of hydrogen-bond acceptors (Lipinski definition) is 3. The maximum Gasteiger partial charge on any atom is 0.141 e. The first-order valence-electron chi connectivity index (χ1n) is 5.55. The van der Waals surface area contributed by atoms with E-state index in [0.717, 1.165) is 24.4 Å². The molecule has 0 atom stereocenters. The molecule has 17 heavy (non-hydrogen) atoms. The predicted molar refractivity (Wildman–Crippen MR) is 63.8 cm³/mol. The van der Waals surface area contributed by atoms with Crippen molar-refractivity contribution >= 4 is 0 Å². The minimum absolute atomic E-state index is 0.186. The lowest BCUT2D eigenvalue weighted by atomic mass is 10.1. The molecule has 0 aliphatic rings. The van der Waals surface area contributed by atoms with Crippen LogP contribution in [0.5, 0.6) is 0 Å². The summed E-state index contributed by atoms with van der Waals surface area (Å²) in [5.74, 6) is 0.584. The monoisotopic (exact) mass is 231 g/mol. The molecule has 1 N–H and O–H groups in total. The molecule has 2 aromatic rings. The van der Waals surface area contributed by atoms with E-state index in [1.807, 2.05) is 6.07 Å². The number of aromatic nitrogens is 2. The highest BCUT2D eigenvalue weighted by Crippen LogP contribution is 2.03. The summed E-state index contributed by atoms with van der Waals surface area (Å²) in [6.07, 6.45) is 4.23. The van der Waals surface area contributed by atoms with Gasteiger partial charge in [0.25, 0.3) is 0 Å². The van der Waals surface area contributed by atoms with Gasteiger partial charge >= 0.3 is 0 Å². The zero-order chi connectivity index (χ0) is 11.9. The van der Waals surface area contributed by atoms with Crippen LogP contribution in [0, 0.1) is 5.82 Å². The van der Waals surface area contributed by atoms with Crippen molar-refractivity contribution in [1.29, 1.82) is 0 Å². The summed E-state index contributed by atoms with van der Waals surface area (Å²) in [6.45, 7) is 1.41. The molecule has 3 nitrogen and oxygen atoms in total. The van der Waals surface area contributed by atoms with E-state index in [0.29, 0.717) is 6.54 Å². The summed E-state index contributed by atoms with van der Waals surface area (Å²) < 4.78 is 12.9. The SMILES string of the molecule is Fc1cccc(CCNCc2ncccn2)c1. The number of nitrogens with zero attached hydrogens (tertiary/aromatic N) is 2. The Kier molecular flexibility index (Phi) is 4.16. The highest BCUT2D eigenvalue weighted by molar-refractivity contribution is 5.16. The van der Waals surface area contributed by atoms with Crippen LogP contribution in [-0.2, 0) is 13.0 Å². The van der Waals surface area contributed by atoms with Crippen molar-refractivity contribution in [3.8, 4) is 0 Å². The summed E-state index contributed by atoms with van der Waals surface area (Å²) in [5, 5.41) is 3.22. The third-order valence-electron chi connectivity index (χ3n) is 2.38. The van der Waals surface area contributed by atoms with Crippen LogP contribution < -0.4 is 5.32 Å². The minimum Gasteiger partial charge on any atom is -0.310 e. The molecule has 0 aliphatic heterocycles. The lowest BCUT2D eigenvalue weighted by molar-refractivity contribution is 0.621. The Hall–Kier alpha value is -1.81. The van der Waals surface area contributed by atoms with Crippen molar-refractivity contribution in [1.82, 2.24) is 15.3 Å². The van der Waals surface area contributed by atoms with E-state index < -0.39 is 0 Å². The standard InChI is InChI=1S/C13H14FN3/c14-12-4-1-3-11(9-12)5-8-15-10-13-16-6-2-7-17-13/h1-4,6-7,9,15H,5,8,10H2. The van der Waals surface area contributed by atoms with E-state index in [9.17, 15) is 4.39 Å². The number of hydrogen-bond donors (Lipinski definition) is 1. The van der Waals surface area contributed by atoms with Gasteiger partial charge in [0.15, 0.2) is 0 Å². The molecule has 0 bridgehead atoms. The van der Waals surface area contributed by atoms with Crippen molar-refractivity contribution in [2.75, 3.05) is 6.54 Å². The third kappa shape index (κ3) is 3.92. The smallest absolute Gasteiger partial charge is 0.141 e. The van der Waals surface area contributed by atoms with Crippen molar-refractivity contribution in [2.45, 2.75) is 13.0 Å². The molecule has 0 radical (unpaired) electrons. The van der Waals surface area contributed by atoms with Crippen LogP contribution in [0.25, 0.3) is 0 Å². The van der Waals surface area contributed by atoms with Crippen molar-refractivity contribution in [2.24, 2.45) is 0 Å². The molecule has 1 aromatic heterocycles. The van der Waals surface area contributed by atoms with Crippen LogP contribution >= 0.6 is 0 Å². The highest BCUT2D eigenvalue weighted by atomic mass is 19.1. The number of benzene rings is 1. The molecule has 0 spiro atoms. The lowest BCUT2D eigenvalue weighted by Crippen LogP contribution is -2.18. The van der Waals surface area contributed by atoms with Gasteiger partial charge in [-0.2, -0.15) is 0 Å². The second-order valence-corrected chi connectivity index (χ2v) is 3.72. The van der Waals surface area contributed by atoms with Gasteiger partial charge in [-0.3, -0.25) is 0 Å². The van der Waals surface area contributed by atoms with Crippen LogP contribution in [0.15, 0.2) is 42.7 Å². The Morgan fingerprint density at radius 1 is 1.12 bits per heavy atom. The second kappa shape index (κ2) is 6.06. The normalized spacial score (nSPS) is 10.4. The van der Waals surface area contributed by atoms with Crippen LogP contribution in [0.2, 0.25) is 0 Å². The van der Waals surface area contributed by atoms with E-state index >= 15 is 0 Å². The van der Waals surface area contributed by atoms with E-state index in [1.54, 1.807) is 30.6 Å². The zero-order valence-corrected chi connectivity index (χ0v) is 9.44. The Morgan fingerprint density at radius 2 is 1.94 bits per heavy atom. The van der Waals surface area contributed by atoms with E-state index in [-0.39, 0.29) is 5.82 Å². The summed E-state index contributed by atoms with van der Waals surface area (Å²) in [4.78, 5) is 8.21. The van der Waals surface area contributed by atoms with Gasteiger partial charge < -0.3 is 5.32 Å². The van der Waals surface area contributed by atoms with Gasteiger partial charge in [-0.15, -0.1) is 0 Å². The fourth-order valence-corrected chi connectivity index (χ4v) is 1.55. The molecule has 2 rings (SSSR count). The Labute approximate surface area is 99.7 Å². The Balaban J connectivity index is 1.73. The number of rotatable bonds is 5. The first-order valence-corrected chi connectivity index (χ1v) is 5.55. The summed E-state index contributed by atoms with van der Waals surface area (Å²) in [7, 11) is 0. The van der Waals surface area contributed by atoms with E-state index in [1.165, 1.54) is 6.07 Å². The van der Waals surface area contributed by atoms with Crippen molar-refractivity contribution in [3.63, 3.8) is 0 Å². The maximum absolute atomic E-state index is 12.9. The highest BCUT2D eigenvalue weighted by Gasteiger charge is 1.96. The van der Waals surface area contributed by atoms with Crippen LogP contribution in [0.4, 0.5) is 4.39 Å². The van der Waals surface area contributed by atoms with Gasteiger partial charge in [0.1, 0.15) is 11.6 Å². The first-order chi connectivity index (χ1) is 8.34. The molecule has 4 heteroatoms. The molecule has 1 aromatic carbocycles. The van der Waals surface area contributed by atoms with Crippen LogP contribution in [0.3, 0.4) is 0 Å². The number of halogens is 1. The lowest BCUT2D eigenvalue weighted by Gasteiger charge is -2.04. The average molecular weight is 231 g/mol. The van der Waals surface area contributed by atoms with Gasteiger partial charge in [0.05, 0.1) is 6.54 Å². The van der Waals surface area contributed by atoms with Gasteiger partial charge in [-0.05, 0) is 36.7 Å². The molecule has 0 fully saturated rings. The van der Waals surface area contributed by atoms with E-state index in [2.05, 4.69) is 15.3 Å². The molecular formula is C13H14FN3. The van der Waals surface area contributed by atoms with Crippen molar-refractivity contribution < 1.29 is 4.39 Å². The predicted octanol–water partition coefficient (Wildman–Crippen LogP) is 1.95. The summed E-state index contributed by atoms with van der Waals surface area (Å²) in [5.41, 5.74) is 0.992. The van der Waals surface area contributed by atoms with Crippen LogP contribution in [0.1, 0.15) is 11.4 Å². The molecule has 88 valence electrons. The fraction of sp³-hybridized carbons (Fsp3) is 0.231. The average Bonchev–Trinajstić information content (AvgIpc) is 2.36. The fourth-order valence-electron chi connectivity index (χ4n) is 1.55. The molecule has 0 saturated carbocycles. The zero-order valence-electron chi connectivity index (χ0n) is 9.44. The molecule has 0 saturated heterocycles. The molecule has 0 aliphatic carbocycles. The Morgan fingerprint density at radius 3 is 2.71 bits per heavy atom. The van der Waals surface area contributed by atoms with Gasteiger partial charge in [0, 0.05) is 12.4 Å². The molecule has 0 unspecified atom stereocenters. The van der Waals surface area contributed by atoms with E-state index in [4.69, 9.17) is 0 Å². The number of nitrogens with one attached hydrogen (secondary N) is 1. The molecular weight excluding hydrogens is 217 g/mol. The maximum atomic E-state index is 12.9. The largest absolute Gasteiger partial charge is 0.310 e. The van der Waals surface area contributed by atoms with Gasteiger partial charge in [0.2, 0.25) is 0 Å². The van der Waals surface area contributed by atoms with Crippen LogP contribution in [-0.4, -0.2) is 16.5 Å². The van der Waals surface area contributed by atoms with Gasteiger partial charge in [-0.1, -0.05) is 12.1 Å². The summed E-state index contributed by atoms with van der Waals surface area (Å²) in [6, 6.07) is 8.44. The minimum atomic E-state index is -0.186. The topological polar surface area (TPSA) is 37.8 Å². The van der Waals surface area contributed by atoms with Crippen molar-refractivity contribution in [3.05, 3.63) is 59.9 Å². The summed E-state index contributed by atoms with van der Waals surface area (Å²) >= 11 is 0.